The van der Waals surface area contributed by atoms with E-state index < -0.39 is 48.9 Å². The van der Waals surface area contributed by atoms with Crippen LogP contribution in [0.3, 0.4) is 0 Å². The van der Waals surface area contributed by atoms with E-state index in [1.165, 1.54) is 16.8 Å². The van der Waals surface area contributed by atoms with Gasteiger partial charge in [0.05, 0.1) is 6.10 Å². The number of carbonyl (C=O) groups excluding carboxylic acids is 2. The molecule has 2 aromatic rings. The molecular formula is C37H59N3O7SSi. The molecule has 0 spiro atoms. The highest BCUT2D eigenvalue weighted by Gasteiger charge is 2.55. The van der Waals surface area contributed by atoms with Crippen LogP contribution in [-0.4, -0.2) is 59.3 Å². The van der Waals surface area contributed by atoms with Gasteiger partial charge in [-0.1, -0.05) is 86.9 Å². The summed E-state index contributed by atoms with van der Waals surface area (Å²) in [5.74, 6) is -0.366. The molecule has 2 heterocycles. The van der Waals surface area contributed by atoms with Crippen LogP contribution >= 0.6 is 11.8 Å². The van der Waals surface area contributed by atoms with E-state index in [0.29, 0.717) is 32.2 Å². The van der Waals surface area contributed by atoms with Gasteiger partial charge in [-0.2, -0.15) is 0 Å². The number of ether oxygens (including phenoxy) is 2. The van der Waals surface area contributed by atoms with Gasteiger partial charge in [0.15, 0.2) is 12.3 Å². The smallest absolute Gasteiger partial charge is 0.330 e. The lowest BCUT2D eigenvalue weighted by molar-refractivity contribution is -0.155. The monoisotopic (exact) mass is 717 g/mol. The SMILES string of the molecule is CCCCNC(=O)CCC(C)(CCC(=O)O[C@@H]1C(O[Si](C(C)C)(C(C)C)C(C)C)[C@H](n2ccc(=O)[nH]c2=O)O[C@@H]1CC)Sc1ccccc1. The van der Waals surface area contributed by atoms with E-state index in [4.69, 9.17) is 13.9 Å². The Hall–Kier alpha value is -2.67. The van der Waals surface area contributed by atoms with E-state index in [9.17, 15) is 19.2 Å². The molecule has 0 aliphatic carbocycles. The molecule has 2 unspecified atom stereocenters. The number of H-pyrrole nitrogens is 1. The number of thioether (sulfide) groups is 1. The average Bonchev–Trinajstić information content (AvgIpc) is 3.37. The van der Waals surface area contributed by atoms with Crippen molar-refractivity contribution in [3.8, 4) is 0 Å². The highest BCUT2D eigenvalue weighted by atomic mass is 32.2. The first kappa shape index (κ1) is 40.8. The Morgan fingerprint density at radius 2 is 1.61 bits per heavy atom. The summed E-state index contributed by atoms with van der Waals surface area (Å²) in [6, 6.07) is 11.3. The van der Waals surface area contributed by atoms with Crippen LogP contribution in [0.4, 0.5) is 0 Å². The van der Waals surface area contributed by atoms with E-state index in [2.05, 4.69) is 65.7 Å². The van der Waals surface area contributed by atoms with Crippen molar-refractivity contribution in [2.75, 3.05) is 6.54 Å². The average molecular weight is 718 g/mol. The summed E-state index contributed by atoms with van der Waals surface area (Å²) < 4.78 is 21.0. The molecule has 0 radical (unpaired) electrons. The molecular weight excluding hydrogens is 659 g/mol. The standard InChI is InChI=1S/C37H59N3O7SSi/c1-10-12-23-38-30(41)18-21-37(9,48-28-16-14-13-15-17-28)22-19-32(43)46-33-29(11-2)45-35(40-24-20-31(42)39-36(40)44)34(33)47-49(25(3)4,26(5)6)27(7)8/h13-17,20,24-27,29,33-35H,10-12,18-19,21-23H2,1-9H3,(H,38,41)(H,39,42,44)/t29-,33+,34?,35-,37?/m1/s1. The van der Waals surface area contributed by atoms with Crippen molar-refractivity contribution in [1.29, 1.82) is 0 Å². The summed E-state index contributed by atoms with van der Waals surface area (Å²) in [6.07, 6.45) is 2.56. The van der Waals surface area contributed by atoms with Crippen molar-refractivity contribution in [3.63, 3.8) is 0 Å². The Morgan fingerprint density at radius 3 is 2.18 bits per heavy atom. The number of hydrogen-bond acceptors (Lipinski definition) is 8. The first-order valence-corrected chi connectivity index (χ1v) is 21.0. The Kier molecular flexibility index (Phi) is 15.4. The van der Waals surface area contributed by atoms with E-state index in [1.54, 1.807) is 11.8 Å². The third-order valence-electron chi connectivity index (χ3n) is 9.83. The number of aromatic amines is 1. The summed E-state index contributed by atoms with van der Waals surface area (Å²) in [5, 5.41) is 3.01. The topological polar surface area (TPSA) is 129 Å². The zero-order valence-corrected chi connectivity index (χ0v) is 32.8. The molecule has 1 aromatic heterocycles. The molecule has 1 aromatic carbocycles. The molecule has 3 rings (SSSR count). The molecule has 0 saturated carbocycles. The third kappa shape index (κ3) is 10.7. The van der Waals surface area contributed by atoms with Crippen LogP contribution in [0.5, 0.6) is 0 Å². The number of nitrogens with one attached hydrogen (secondary N) is 2. The zero-order chi connectivity index (χ0) is 36.4. The number of aromatic nitrogens is 2. The second kappa shape index (κ2) is 18.5. The second-order valence-corrected chi connectivity index (χ2v) is 21.5. The van der Waals surface area contributed by atoms with Crippen LogP contribution in [0.2, 0.25) is 16.6 Å². The van der Waals surface area contributed by atoms with Crippen LogP contribution < -0.4 is 16.6 Å². The van der Waals surface area contributed by atoms with Crippen LogP contribution in [0.25, 0.3) is 0 Å². The lowest BCUT2D eigenvalue weighted by Crippen LogP contribution is -2.54. The van der Waals surface area contributed by atoms with Crippen LogP contribution in [0.1, 0.15) is 113 Å². The predicted molar refractivity (Wildman–Crippen MR) is 198 cm³/mol. The number of nitrogens with zero attached hydrogens (tertiary/aromatic N) is 1. The van der Waals surface area contributed by atoms with Crippen molar-refractivity contribution in [3.05, 3.63) is 63.4 Å². The fraction of sp³-hybridized carbons (Fsp3) is 0.676. The summed E-state index contributed by atoms with van der Waals surface area (Å²) in [6.45, 7) is 19.9. The molecule has 1 aliphatic heterocycles. The fourth-order valence-electron chi connectivity index (χ4n) is 7.25. The highest BCUT2D eigenvalue weighted by molar-refractivity contribution is 8.00. The number of rotatable bonds is 19. The Morgan fingerprint density at radius 1 is 0.980 bits per heavy atom. The first-order chi connectivity index (χ1) is 23.2. The zero-order valence-electron chi connectivity index (χ0n) is 31.0. The van der Waals surface area contributed by atoms with E-state index in [-0.39, 0.29) is 34.9 Å². The quantitative estimate of drug-likeness (QED) is 0.0669. The lowest BCUT2D eigenvalue weighted by Gasteiger charge is -2.45. The van der Waals surface area contributed by atoms with E-state index >= 15 is 0 Å². The van der Waals surface area contributed by atoms with Crippen molar-refractivity contribution < 1.29 is 23.5 Å². The largest absolute Gasteiger partial charge is 0.457 e. The molecule has 5 atom stereocenters. The molecule has 1 aliphatic rings. The predicted octanol–water partition coefficient (Wildman–Crippen LogP) is 7.34. The van der Waals surface area contributed by atoms with Gasteiger partial charge in [0.2, 0.25) is 14.2 Å². The number of benzene rings is 1. The van der Waals surface area contributed by atoms with Gasteiger partial charge in [-0.25, -0.2) is 4.79 Å². The summed E-state index contributed by atoms with van der Waals surface area (Å²) in [4.78, 5) is 54.9. The Bertz CT molecular complexity index is 1440. The molecule has 0 bridgehead atoms. The maximum absolute atomic E-state index is 13.8. The summed E-state index contributed by atoms with van der Waals surface area (Å²) in [5.41, 5.74) is -0.421. The minimum Gasteiger partial charge on any atom is -0.457 e. The van der Waals surface area contributed by atoms with E-state index in [0.717, 1.165) is 17.7 Å². The van der Waals surface area contributed by atoms with Gasteiger partial charge in [0.1, 0.15) is 6.10 Å². The number of unbranched alkanes of at least 4 members (excludes halogenated alkanes) is 1. The number of carbonyl (C=O) groups is 2. The molecule has 2 N–H and O–H groups in total. The van der Waals surface area contributed by atoms with Gasteiger partial charge >= 0.3 is 11.7 Å². The maximum Gasteiger partial charge on any atom is 0.330 e. The van der Waals surface area contributed by atoms with Crippen molar-refractivity contribution in [1.82, 2.24) is 14.9 Å². The molecule has 12 heteroatoms. The van der Waals surface area contributed by atoms with Crippen LogP contribution in [-0.2, 0) is 23.5 Å². The molecule has 10 nitrogen and oxygen atoms in total. The van der Waals surface area contributed by atoms with Gasteiger partial charge in [0.25, 0.3) is 5.56 Å². The van der Waals surface area contributed by atoms with Gasteiger partial charge in [-0.15, -0.1) is 11.8 Å². The molecule has 1 saturated heterocycles. The second-order valence-electron chi connectivity index (χ2n) is 14.4. The maximum atomic E-state index is 13.8. The summed E-state index contributed by atoms with van der Waals surface area (Å²) in [7, 11) is -2.56. The van der Waals surface area contributed by atoms with Gasteiger partial charge < -0.3 is 19.2 Å². The van der Waals surface area contributed by atoms with Crippen LogP contribution in [0.15, 0.2) is 57.1 Å². The van der Waals surface area contributed by atoms with E-state index in [1.807, 2.05) is 37.3 Å². The molecule has 1 fully saturated rings. The number of hydrogen-bond donors (Lipinski definition) is 2. The van der Waals surface area contributed by atoms with Gasteiger partial charge in [0, 0.05) is 41.3 Å². The van der Waals surface area contributed by atoms with Gasteiger partial charge in [-0.3, -0.25) is 23.9 Å². The number of amides is 1. The Balaban J connectivity index is 1.90. The first-order valence-electron chi connectivity index (χ1n) is 18.0. The fourth-order valence-corrected chi connectivity index (χ4v) is 14.1. The van der Waals surface area contributed by atoms with Crippen molar-refractivity contribution in [2.45, 2.75) is 158 Å². The number of esters is 1. The van der Waals surface area contributed by atoms with Gasteiger partial charge in [-0.05, 0) is 54.4 Å². The third-order valence-corrected chi connectivity index (χ3v) is 17.3. The molecule has 49 heavy (non-hydrogen) atoms. The highest BCUT2D eigenvalue weighted by Crippen LogP contribution is 2.47. The minimum atomic E-state index is -2.56. The lowest BCUT2D eigenvalue weighted by atomic mass is 9.98. The summed E-state index contributed by atoms with van der Waals surface area (Å²) >= 11 is 1.67. The minimum absolute atomic E-state index is 0.0152. The Labute approximate surface area is 297 Å². The van der Waals surface area contributed by atoms with Crippen molar-refractivity contribution >= 4 is 32.0 Å². The van der Waals surface area contributed by atoms with Crippen molar-refractivity contribution in [2.24, 2.45) is 0 Å². The normalized spacial score (nSPS) is 20.9. The molecule has 1 amide bonds. The van der Waals surface area contributed by atoms with Crippen LogP contribution in [0, 0.1) is 0 Å². The molecule has 274 valence electrons.